The number of benzene rings is 2. The number of fused-ring (bicyclic) bond motifs is 3. The van der Waals surface area contributed by atoms with Crippen LogP contribution in [0.5, 0.6) is 5.75 Å². The fourth-order valence-corrected chi connectivity index (χ4v) is 7.75. The highest BCUT2D eigenvalue weighted by atomic mass is 32.1. The Bertz CT molecular complexity index is 2060. The highest BCUT2D eigenvalue weighted by Crippen LogP contribution is 2.47. The van der Waals surface area contributed by atoms with Crippen LogP contribution in [0.3, 0.4) is 0 Å². The quantitative estimate of drug-likeness (QED) is 0.174. The first-order chi connectivity index (χ1) is 22.6. The van der Waals surface area contributed by atoms with Gasteiger partial charge in [0, 0.05) is 82.9 Å². The summed E-state index contributed by atoms with van der Waals surface area (Å²) in [6, 6.07) is 12.6. The summed E-state index contributed by atoms with van der Waals surface area (Å²) in [5.74, 6) is -1.47. The Balaban J connectivity index is 1.49. The molecule has 1 atom stereocenters. The highest BCUT2D eigenvalue weighted by Gasteiger charge is 2.29. The van der Waals surface area contributed by atoms with Crippen molar-refractivity contribution in [2.45, 2.75) is 58.8 Å². The first-order valence-corrected chi connectivity index (χ1v) is 16.8. The lowest BCUT2D eigenvalue weighted by Crippen LogP contribution is -2.42. The summed E-state index contributed by atoms with van der Waals surface area (Å²) in [5.41, 5.74) is 8.03. The number of aromatic nitrogens is 2. The van der Waals surface area contributed by atoms with Gasteiger partial charge in [0.2, 0.25) is 5.91 Å². The Morgan fingerprint density at radius 3 is 2.64 bits per heavy atom. The Hall–Kier alpha value is -4.47. The van der Waals surface area contributed by atoms with Crippen molar-refractivity contribution in [3.8, 4) is 39.4 Å². The summed E-state index contributed by atoms with van der Waals surface area (Å²) in [6.07, 6.45) is 4.34. The summed E-state index contributed by atoms with van der Waals surface area (Å²) in [4.78, 5) is 27.0. The van der Waals surface area contributed by atoms with Crippen LogP contribution in [0.25, 0.3) is 43.7 Å². The van der Waals surface area contributed by atoms with Crippen molar-refractivity contribution in [3.63, 3.8) is 0 Å². The molecule has 5 aromatic rings. The van der Waals surface area contributed by atoms with Gasteiger partial charge < -0.3 is 14.5 Å². The first kappa shape index (κ1) is 31.1. The Kier molecular flexibility index (Phi) is 8.14. The lowest BCUT2D eigenvalue weighted by molar-refractivity contribution is -0.129. The van der Waals surface area contributed by atoms with Crippen molar-refractivity contribution in [3.05, 3.63) is 101 Å². The van der Waals surface area contributed by atoms with Crippen LogP contribution < -0.4 is 4.74 Å². The third-order valence-corrected chi connectivity index (χ3v) is 10.0. The van der Waals surface area contributed by atoms with E-state index in [2.05, 4.69) is 36.7 Å². The Labute approximate surface area is 277 Å². The fourth-order valence-electron chi connectivity index (χ4n) is 6.80. The van der Waals surface area contributed by atoms with E-state index in [4.69, 9.17) is 14.7 Å². The molecule has 240 valence electrons. The predicted octanol–water partition coefficient (Wildman–Crippen LogP) is 8.20. The molecule has 0 fully saturated rings. The van der Waals surface area contributed by atoms with Crippen molar-refractivity contribution in [2.75, 3.05) is 13.6 Å². The highest BCUT2D eigenvalue weighted by molar-refractivity contribution is 7.18. The molecule has 9 heteroatoms. The molecule has 0 aliphatic carbocycles. The van der Waals surface area contributed by atoms with Crippen molar-refractivity contribution in [1.82, 2.24) is 19.8 Å². The van der Waals surface area contributed by atoms with Gasteiger partial charge in [-0.25, -0.2) is 13.8 Å². The molecule has 0 spiro atoms. The minimum atomic E-state index is -0.730. The van der Waals surface area contributed by atoms with Gasteiger partial charge in [0.05, 0.1) is 23.1 Å². The summed E-state index contributed by atoms with van der Waals surface area (Å²) in [6.45, 7) is 11.6. The minimum absolute atomic E-state index is 0.0260. The van der Waals surface area contributed by atoms with E-state index in [-0.39, 0.29) is 29.4 Å². The lowest BCUT2D eigenvalue weighted by atomic mass is 9.92. The van der Waals surface area contributed by atoms with Crippen LogP contribution >= 0.6 is 11.3 Å². The number of hydrogen-bond acceptors (Lipinski definition) is 6. The molecule has 1 amide bonds. The zero-order valence-electron chi connectivity index (χ0n) is 26.9. The number of hydrogen-bond donors (Lipinski definition) is 0. The first-order valence-electron chi connectivity index (χ1n) is 15.9. The molecule has 0 unspecified atom stereocenters. The number of ether oxygens (including phenoxy) is 1. The van der Waals surface area contributed by atoms with Gasteiger partial charge >= 0.3 is 0 Å². The average molecular weight is 651 g/mol. The standard InChI is InChI=1S/C38H36F2N4O2S/c1-6-33(45)44-20-27-15-26(18-41-31(27)13-22(44)4)37-35(34-30(40)16-28(39)17-32(34)46-21(2)3)38-29(10-12-47-38)36(42-37)24-7-8-25-19-43(5)11-9-23(25)14-24/h6-8,10,12,14-18,21-22H,1,9,11,13,19-20H2,2-5H3/t22-/m1/s1. The molecule has 0 saturated heterocycles. The number of pyridine rings is 2. The molecule has 0 bridgehead atoms. The van der Waals surface area contributed by atoms with E-state index in [1.807, 2.05) is 38.3 Å². The molecule has 0 saturated carbocycles. The molecule has 0 N–H and O–H groups in total. The van der Waals surface area contributed by atoms with Crippen molar-refractivity contribution in [2.24, 2.45) is 0 Å². The van der Waals surface area contributed by atoms with Crippen molar-refractivity contribution >= 4 is 27.3 Å². The number of nitrogens with zero attached hydrogens (tertiary/aromatic N) is 4. The summed E-state index contributed by atoms with van der Waals surface area (Å²) in [7, 11) is 2.13. The van der Waals surface area contributed by atoms with Gasteiger partial charge in [0.1, 0.15) is 17.4 Å². The van der Waals surface area contributed by atoms with E-state index in [1.165, 1.54) is 34.6 Å². The van der Waals surface area contributed by atoms with Gasteiger partial charge in [0.15, 0.2) is 0 Å². The third-order valence-electron chi connectivity index (χ3n) is 9.07. The minimum Gasteiger partial charge on any atom is -0.490 e. The molecule has 47 heavy (non-hydrogen) atoms. The number of thiophene rings is 1. The molecule has 2 aliphatic rings. The lowest BCUT2D eigenvalue weighted by Gasteiger charge is -2.33. The predicted molar refractivity (Wildman–Crippen MR) is 183 cm³/mol. The zero-order chi connectivity index (χ0) is 33.0. The van der Waals surface area contributed by atoms with Crippen molar-refractivity contribution in [1.29, 1.82) is 0 Å². The number of carbonyl (C=O) groups is 1. The number of halogens is 2. The molecule has 5 heterocycles. The maximum atomic E-state index is 16.1. The molecule has 0 radical (unpaired) electrons. The Morgan fingerprint density at radius 1 is 1.04 bits per heavy atom. The van der Waals surface area contributed by atoms with E-state index >= 15 is 4.39 Å². The molecule has 2 aromatic carbocycles. The van der Waals surface area contributed by atoms with Crippen LogP contribution in [0.2, 0.25) is 0 Å². The number of likely N-dealkylation sites (N-methyl/N-ethyl adjacent to an activating group) is 1. The Morgan fingerprint density at radius 2 is 1.85 bits per heavy atom. The van der Waals surface area contributed by atoms with E-state index in [0.29, 0.717) is 29.8 Å². The third kappa shape index (κ3) is 5.72. The second-order valence-corrected chi connectivity index (χ2v) is 13.7. The van der Waals surface area contributed by atoms with E-state index < -0.39 is 11.6 Å². The molecule has 6 nitrogen and oxygen atoms in total. The second kappa shape index (κ2) is 12.3. The summed E-state index contributed by atoms with van der Waals surface area (Å²) >= 11 is 1.49. The zero-order valence-corrected chi connectivity index (χ0v) is 27.8. The molecule has 3 aromatic heterocycles. The van der Waals surface area contributed by atoms with Gasteiger partial charge in [-0.15, -0.1) is 11.3 Å². The normalized spacial score (nSPS) is 16.3. The largest absolute Gasteiger partial charge is 0.490 e. The maximum absolute atomic E-state index is 16.1. The van der Waals surface area contributed by atoms with Crippen molar-refractivity contribution < 1.29 is 18.3 Å². The number of carbonyl (C=O) groups excluding carboxylic acids is 1. The van der Waals surface area contributed by atoms with Crippen LogP contribution in [0.1, 0.15) is 43.2 Å². The van der Waals surface area contributed by atoms with Crippen LogP contribution in [0, 0.1) is 11.6 Å². The molecular formula is C38H36F2N4O2S. The summed E-state index contributed by atoms with van der Waals surface area (Å²) < 4.78 is 37.6. The van der Waals surface area contributed by atoms with Gasteiger partial charge in [-0.1, -0.05) is 18.7 Å². The van der Waals surface area contributed by atoms with E-state index in [9.17, 15) is 9.18 Å². The fraction of sp³-hybridized carbons (Fsp3) is 0.289. The van der Waals surface area contributed by atoms with Gasteiger partial charge in [0.25, 0.3) is 0 Å². The second-order valence-electron chi connectivity index (χ2n) is 12.8. The van der Waals surface area contributed by atoms with Crippen LogP contribution in [0.15, 0.2) is 66.7 Å². The smallest absolute Gasteiger partial charge is 0.246 e. The molecule has 2 aliphatic heterocycles. The molecule has 7 rings (SSSR count). The van der Waals surface area contributed by atoms with Gasteiger partial charge in [-0.05, 0) is 80.6 Å². The number of rotatable bonds is 6. The van der Waals surface area contributed by atoms with Crippen LogP contribution in [-0.2, 0) is 30.7 Å². The monoisotopic (exact) mass is 650 g/mol. The van der Waals surface area contributed by atoms with E-state index in [1.54, 1.807) is 11.1 Å². The van der Waals surface area contributed by atoms with Crippen LogP contribution in [0.4, 0.5) is 8.78 Å². The van der Waals surface area contributed by atoms with Gasteiger partial charge in [-0.3, -0.25) is 9.78 Å². The maximum Gasteiger partial charge on any atom is 0.246 e. The topological polar surface area (TPSA) is 58.6 Å². The SMILES string of the molecule is C=CC(=O)N1Cc2cc(-c3nc(-c4ccc5c(c4)CCN(C)C5)c4ccsc4c3-c3c(F)cc(F)cc3OC(C)C)cnc2C[C@H]1C. The van der Waals surface area contributed by atoms with Gasteiger partial charge in [-0.2, -0.15) is 0 Å². The summed E-state index contributed by atoms with van der Waals surface area (Å²) in [5, 5.41) is 2.86. The van der Waals surface area contributed by atoms with Crippen LogP contribution in [-0.4, -0.2) is 51.4 Å². The molecular weight excluding hydrogens is 615 g/mol. The van der Waals surface area contributed by atoms with E-state index in [0.717, 1.165) is 58.2 Å². The number of amides is 1. The average Bonchev–Trinajstić information content (AvgIpc) is 3.53.